The van der Waals surface area contributed by atoms with Gasteiger partial charge in [-0.15, -0.1) is 11.3 Å². The number of carboxylic acids is 1. The molecular weight excluding hydrogens is 474 g/mol. The molecule has 2 aliphatic rings. The third-order valence-electron chi connectivity index (χ3n) is 6.21. The molecule has 0 fully saturated rings. The van der Waals surface area contributed by atoms with Gasteiger partial charge in [0, 0.05) is 24.5 Å². The molecular formula is C29H27NO3S2. The van der Waals surface area contributed by atoms with E-state index >= 15 is 0 Å². The van der Waals surface area contributed by atoms with E-state index in [-0.39, 0.29) is 6.42 Å². The molecule has 0 aliphatic heterocycles. The zero-order valence-electron chi connectivity index (χ0n) is 19.4. The molecule has 0 amide bonds. The van der Waals surface area contributed by atoms with Crippen molar-refractivity contribution in [3.05, 3.63) is 105 Å². The molecule has 178 valence electrons. The Kier molecular flexibility index (Phi) is 7.50. The number of benzene rings is 2. The van der Waals surface area contributed by atoms with Crippen LogP contribution >= 0.6 is 23.1 Å². The van der Waals surface area contributed by atoms with Crippen molar-refractivity contribution in [1.29, 1.82) is 0 Å². The van der Waals surface area contributed by atoms with Crippen LogP contribution in [-0.4, -0.2) is 28.4 Å². The van der Waals surface area contributed by atoms with E-state index in [9.17, 15) is 4.79 Å². The highest BCUT2D eigenvalue weighted by atomic mass is 32.2. The quantitative estimate of drug-likeness (QED) is 0.278. The van der Waals surface area contributed by atoms with Crippen molar-refractivity contribution >= 4 is 40.7 Å². The fourth-order valence-corrected chi connectivity index (χ4v) is 6.70. The summed E-state index contributed by atoms with van der Waals surface area (Å²) in [4.78, 5) is 15.7. The van der Waals surface area contributed by atoms with E-state index in [1.54, 1.807) is 11.3 Å². The number of aromatic nitrogens is 1. The average Bonchev–Trinajstić information content (AvgIpc) is 3.43. The van der Waals surface area contributed by atoms with Gasteiger partial charge in [-0.05, 0) is 47.3 Å². The number of carbonyl (C=O) groups is 1. The Bertz CT molecular complexity index is 1330. The van der Waals surface area contributed by atoms with E-state index in [0.29, 0.717) is 25.4 Å². The van der Waals surface area contributed by atoms with Crippen molar-refractivity contribution in [3.63, 3.8) is 0 Å². The molecule has 0 atom stereocenters. The first-order valence-electron chi connectivity index (χ1n) is 11.9. The van der Waals surface area contributed by atoms with Crippen LogP contribution in [-0.2, 0) is 9.53 Å². The minimum Gasteiger partial charge on any atom is -0.498 e. The van der Waals surface area contributed by atoms with Gasteiger partial charge in [0.15, 0.2) is 4.34 Å². The molecule has 6 heteroatoms. The first-order valence-corrected chi connectivity index (χ1v) is 13.7. The fourth-order valence-electron chi connectivity index (χ4n) is 4.49. The van der Waals surface area contributed by atoms with E-state index < -0.39 is 5.97 Å². The number of allylic oxidation sites excluding steroid dienone is 4. The molecule has 2 aromatic carbocycles. The second-order valence-corrected chi connectivity index (χ2v) is 11.0. The third kappa shape index (κ3) is 5.77. The number of fused-ring (bicyclic) bond motifs is 2. The Morgan fingerprint density at radius 3 is 2.46 bits per heavy atom. The standard InChI is InChI=1S/C29H27NO3S2/c31-27(32)12-7-16-33-23-14-13-22-18-26-28(25(22)19-23)30-29(35-26)34-17-15-24(20-8-3-1-4-9-20)21-10-5-2-6-11-21/h1-6,8-11,13-14,18,24H,7,12,15-17,19H2,(H,31,32). The number of thiazole rings is 1. The Balaban J connectivity index is 1.24. The van der Waals surface area contributed by atoms with Crippen LogP contribution in [0.25, 0.3) is 11.6 Å². The van der Waals surface area contributed by atoms with E-state index in [1.165, 1.54) is 26.8 Å². The molecule has 3 aromatic rings. The summed E-state index contributed by atoms with van der Waals surface area (Å²) < 4.78 is 8.15. The van der Waals surface area contributed by atoms with Crippen molar-refractivity contribution in [2.24, 2.45) is 0 Å². The molecule has 35 heavy (non-hydrogen) atoms. The molecule has 0 saturated carbocycles. The Labute approximate surface area is 213 Å². The minimum absolute atomic E-state index is 0.130. The van der Waals surface area contributed by atoms with Crippen molar-refractivity contribution in [3.8, 4) is 0 Å². The first-order chi connectivity index (χ1) is 17.2. The van der Waals surface area contributed by atoms with Crippen molar-refractivity contribution < 1.29 is 14.6 Å². The maximum absolute atomic E-state index is 10.7. The number of thioether (sulfide) groups is 1. The topological polar surface area (TPSA) is 59.4 Å². The van der Waals surface area contributed by atoms with Gasteiger partial charge in [-0.25, -0.2) is 4.98 Å². The van der Waals surface area contributed by atoms with E-state index in [2.05, 4.69) is 72.8 Å². The van der Waals surface area contributed by atoms with Gasteiger partial charge in [0.05, 0.1) is 16.5 Å². The molecule has 0 radical (unpaired) electrons. The largest absolute Gasteiger partial charge is 0.498 e. The van der Waals surface area contributed by atoms with Crippen molar-refractivity contribution in [1.82, 2.24) is 4.98 Å². The lowest BCUT2D eigenvalue weighted by Crippen LogP contribution is -2.20. The molecule has 5 rings (SSSR count). The molecule has 0 saturated heterocycles. The van der Waals surface area contributed by atoms with E-state index in [0.717, 1.165) is 27.6 Å². The summed E-state index contributed by atoms with van der Waals surface area (Å²) in [5.74, 6) is 1.46. The summed E-state index contributed by atoms with van der Waals surface area (Å²) in [6, 6.07) is 21.5. The second-order valence-electron chi connectivity index (χ2n) is 8.60. The third-order valence-corrected chi connectivity index (χ3v) is 8.39. The predicted octanol–water partition coefficient (Wildman–Crippen LogP) is 5.50. The van der Waals surface area contributed by atoms with Gasteiger partial charge in [0.2, 0.25) is 0 Å². The molecule has 1 heterocycles. The van der Waals surface area contributed by atoms with Crippen LogP contribution in [0, 0.1) is 0 Å². The number of hydrogen-bond acceptors (Lipinski definition) is 5. The van der Waals surface area contributed by atoms with Crippen LogP contribution in [0.4, 0.5) is 0 Å². The van der Waals surface area contributed by atoms with Gasteiger partial charge in [0.25, 0.3) is 0 Å². The van der Waals surface area contributed by atoms with Crippen LogP contribution in [0.3, 0.4) is 0 Å². The molecule has 2 aliphatic carbocycles. The minimum atomic E-state index is -0.788. The summed E-state index contributed by atoms with van der Waals surface area (Å²) in [6.07, 6.45) is 8.70. The zero-order valence-corrected chi connectivity index (χ0v) is 21.0. The summed E-state index contributed by atoms with van der Waals surface area (Å²) >= 11 is 3.60. The molecule has 1 N–H and O–H groups in total. The van der Waals surface area contributed by atoms with Gasteiger partial charge >= 0.3 is 5.97 Å². The van der Waals surface area contributed by atoms with Gasteiger partial charge < -0.3 is 9.84 Å². The zero-order chi connectivity index (χ0) is 24.0. The number of aliphatic carboxylic acids is 1. The smallest absolute Gasteiger partial charge is 0.303 e. The first kappa shape index (κ1) is 23.6. The SMILES string of the molecule is O=C(O)CCCOC1=CC=C2C=c3sc(SCCC(c4ccccc4)c4ccccc4)nc3=C2C1. The average molecular weight is 502 g/mol. The lowest BCUT2D eigenvalue weighted by atomic mass is 9.89. The second kappa shape index (κ2) is 11.1. The maximum atomic E-state index is 10.7. The monoisotopic (exact) mass is 501 g/mol. The predicted molar refractivity (Wildman–Crippen MR) is 143 cm³/mol. The molecule has 4 nitrogen and oxygen atoms in total. The summed E-state index contributed by atoms with van der Waals surface area (Å²) in [6.45, 7) is 0.424. The normalized spacial score (nSPS) is 14.1. The number of ether oxygens (including phenoxy) is 1. The molecule has 0 unspecified atom stereocenters. The van der Waals surface area contributed by atoms with Crippen molar-refractivity contribution in [2.45, 2.75) is 35.9 Å². The van der Waals surface area contributed by atoms with E-state index in [4.69, 9.17) is 14.8 Å². The summed E-state index contributed by atoms with van der Waals surface area (Å²) in [7, 11) is 0. The summed E-state index contributed by atoms with van der Waals surface area (Å²) in [5, 5.41) is 9.87. The van der Waals surface area contributed by atoms with Gasteiger partial charge in [-0.2, -0.15) is 0 Å². The van der Waals surface area contributed by atoms with Crippen LogP contribution in [0.1, 0.15) is 42.7 Å². The highest BCUT2D eigenvalue weighted by molar-refractivity contribution is 8.00. The summed E-state index contributed by atoms with van der Waals surface area (Å²) in [5.41, 5.74) is 5.13. The number of rotatable bonds is 11. The van der Waals surface area contributed by atoms with E-state index in [1.807, 2.05) is 17.8 Å². The van der Waals surface area contributed by atoms with Crippen LogP contribution < -0.4 is 9.88 Å². The van der Waals surface area contributed by atoms with Crippen LogP contribution in [0.15, 0.2) is 88.5 Å². The highest BCUT2D eigenvalue weighted by Crippen LogP contribution is 2.32. The number of nitrogens with zero attached hydrogens (tertiary/aromatic N) is 1. The van der Waals surface area contributed by atoms with Gasteiger partial charge in [-0.3, -0.25) is 4.79 Å². The van der Waals surface area contributed by atoms with Crippen LogP contribution in [0.2, 0.25) is 0 Å². The Hall–Kier alpha value is -3.09. The lowest BCUT2D eigenvalue weighted by Gasteiger charge is -2.17. The van der Waals surface area contributed by atoms with Crippen LogP contribution in [0.5, 0.6) is 0 Å². The fraction of sp³-hybridized carbons (Fsp3) is 0.241. The number of hydrogen-bond donors (Lipinski definition) is 1. The molecule has 1 aromatic heterocycles. The van der Waals surface area contributed by atoms with Crippen molar-refractivity contribution in [2.75, 3.05) is 12.4 Å². The molecule has 0 spiro atoms. The number of carboxylic acid groups (broad SMARTS) is 1. The Morgan fingerprint density at radius 2 is 1.77 bits per heavy atom. The lowest BCUT2D eigenvalue weighted by molar-refractivity contribution is -0.137. The maximum Gasteiger partial charge on any atom is 0.303 e. The Morgan fingerprint density at radius 1 is 1.06 bits per heavy atom. The van der Waals surface area contributed by atoms with Gasteiger partial charge in [0.1, 0.15) is 5.76 Å². The van der Waals surface area contributed by atoms with Gasteiger partial charge in [-0.1, -0.05) is 78.5 Å². The highest BCUT2D eigenvalue weighted by Gasteiger charge is 2.20. The molecule has 0 bridgehead atoms.